The Balaban J connectivity index is 1.18. The molecule has 4 rings (SSSR count). The molecule has 5 heteroatoms. The van der Waals surface area contributed by atoms with Crippen LogP contribution in [0.25, 0.3) is 10.9 Å². The monoisotopic (exact) mass is 453 g/mol. The molecule has 0 atom stereocenters. The minimum atomic E-state index is 0.104. The first kappa shape index (κ1) is 20.2. The van der Waals surface area contributed by atoms with Crippen molar-refractivity contribution in [1.29, 1.82) is 0 Å². The van der Waals surface area contributed by atoms with Gasteiger partial charge in [-0.1, -0.05) is 46.3 Å². The van der Waals surface area contributed by atoms with Gasteiger partial charge < -0.3 is 10.3 Å². The van der Waals surface area contributed by atoms with Gasteiger partial charge in [0, 0.05) is 34.7 Å². The second kappa shape index (κ2) is 9.59. The summed E-state index contributed by atoms with van der Waals surface area (Å²) in [4.78, 5) is 18.2. The summed E-state index contributed by atoms with van der Waals surface area (Å²) in [5, 5.41) is 4.23. The number of amides is 1. The van der Waals surface area contributed by atoms with Crippen LogP contribution in [0.2, 0.25) is 0 Å². The molecule has 0 saturated carbocycles. The number of nitrogens with one attached hydrogen (secondary N) is 2. The summed E-state index contributed by atoms with van der Waals surface area (Å²) in [6.07, 6.45) is 5.88. The average Bonchev–Trinajstić information content (AvgIpc) is 3.12. The van der Waals surface area contributed by atoms with E-state index in [1.165, 1.54) is 18.4 Å². The van der Waals surface area contributed by atoms with Crippen LogP contribution in [-0.2, 0) is 17.8 Å². The number of piperidine rings is 1. The van der Waals surface area contributed by atoms with E-state index in [9.17, 15) is 4.79 Å². The van der Waals surface area contributed by atoms with Crippen molar-refractivity contribution in [2.24, 2.45) is 5.92 Å². The fourth-order valence-corrected chi connectivity index (χ4v) is 4.58. The fourth-order valence-electron chi connectivity index (χ4n) is 4.22. The topological polar surface area (TPSA) is 48.1 Å². The normalized spacial score (nSPS) is 15.6. The van der Waals surface area contributed by atoms with Crippen LogP contribution in [-0.4, -0.2) is 35.4 Å². The lowest BCUT2D eigenvalue weighted by Crippen LogP contribution is -2.35. The molecule has 1 amide bonds. The molecule has 2 heterocycles. The van der Waals surface area contributed by atoms with E-state index >= 15 is 0 Å². The highest BCUT2D eigenvalue weighted by atomic mass is 79.9. The number of hydrogen-bond donors (Lipinski definition) is 2. The Morgan fingerprint density at radius 3 is 2.72 bits per heavy atom. The first-order valence-corrected chi connectivity index (χ1v) is 11.2. The first-order chi connectivity index (χ1) is 14.2. The Kier molecular flexibility index (Phi) is 6.67. The summed E-state index contributed by atoms with van der Waals surface area (Å²) < 4.78 is 1.03. The molecule has 4 nitrogen and oxygen atoms in total. The van der Waals surface area contributed by atoms with Crippen molar-refractivity contribution >= 4 is 32.7 Å². The maximum atomic E-state index is 12.4. The number of fused-ring (bicyclic) bond motifs is 1. The van der Waals surface area contributed by atoms with Gasteiger partial charge in [-0.25, -0.2) is 0 Å². The minimum absolute atomic E-state index is 0.104. The van der Waals surface area contributed by atoms with Crippen molar-refractivity contribution in [1.82, 2.24) is 15.2 Å². The summed E-state index contributed by atoms with van der Waals surface area (Å²) in [5.74, 6) is 0.818. The second-order valence-corrected chi connectivity index (χ2v) is 8.94. The zero-order valence-corrected chi connectivity index (χ0v) is 18.2. The highest BCUT2D eigenvalue weighted by molar-refractivity contribution is 9.10. The number of aromatic nitrogens is 1. The zero-order chi connectivity index (χ0) is 20.1. The number of halogens is 1. The van der Waals surface area contributed by atoms with Crippen molar-refractivity contribution in [3.8, 4) is 0 Å². The molecular weight excluding hydrogens is 426 g/mol. The van der Waals surface area contributed by atoms with E-state index < -0.39 is 0 Å². The van der Waals surface area contributed by atoms with E-state index in [4.69, 9.17) is 0 Å². The highest BCUT2D eigenvalue weighted by Gasteiger charge is 2.19. The van der Waals surface area contributed by atoms with Gasteiger partial charge >= 0.3 is 0 Å². The van der Waals surface area contributed by atoms with E-state index in [1.807, 2.05) is 18.3 Å². The summed E-state index contributed by atoms with van der Waals surface area (Å²) in [7, 11) is 0. The molecule has 29 heavy (non-hydrogen) atoms. The van der Waals surface area contributed by atoms with Gasteiger partial charge in [0.2, 0.25) is 5.91 Å². The highest BCUT2D eigenvalue weighted by Crippen LogP contribution is 2.23. The van der Waals surface area contributed by atoms with Crippen LogP contribution in [0.1, 0.15) is 30.4 Å². The zero-order valence-electron chi connectivity index (χ0n) is 16.7. The van der Waals surface area contributed by atoms with Gasteiger partial charge in [0.15, 0.2) is 0 Å². The molecule has 3 aromatic rings. The predicted octanol–water partition coefficient (Wildman–Crippen LogP) is 4.89. The third kappa shape index (κ3) is 5.49. The van der Waals surface area contributed by atoms with Crippen molar-refractivity contribution in [3.05, 3.63) is 70.3 Å². The number of nitrogens with zero attached hydrogens (tertiary/aromatic N) is 1. The van der Waals surface area contributed by atoms with Gasteiger partial charge in [-0.3, -0.25) is 9.69 Å². The number of carbonyl (C=O) groups excluding carboxylic acids is 1. The number of benzene rings is 2. The molecule has 0 unspecified atom stereocenters. The summed E-state index contributed by atoms with van der Waals surface area (Å²) in [6.45, 7) is 4.12. The smallest absolute Gasteiger partial charge is 0.224 e. The number of hydrogen-bond acceptors (Lipinski definition) is 2. The van der Waals surface area contributed by atoms with Crippen LogP contribution >= 0.6 is 15.9 Å². The molecule has 2 aromatic carbocycles. The predicted molar refractivity (Wildman–Crippen MR) is 122 cm³/mol. The SMILES string of the molecule is O=C(Cc1c[nH]c2ccc(Br)cc12)NCCC1CCN(Cc2ccccc2)CC1. The van der Waals surface area contributed by atoms with Crippen LogP contribution in [0.5, 0.6) is 0 Å². The van der Waals surface area contributed by atoms with E-state index in [0.717, 1.165) is 53.5 Å². The Morgan fingerprint density at radius 1 is 1.14 bits per heavy atom. The summed E-state index contributed by atoms with van der Waals surface area (Å²) in [6, 6.07) is 16.8. The van der Waals surface area contributed by atoms with Crippen LogP contribution in [0.3, 0.4) is 0 Å². The maximum absolute atomic E-state index is 12.4. The Hall–Kier alpha value is -2.11. The standard InChI is InChI=1S/C24H28BrN3O/c25-21-6-7-23-22(15-21)20(16-27-23)14-24(29)26-11-8-18-9-12-28(13-10-18)17-19-4-2-1-3-5-19/h1-7,15-16,18,27H,8-14,17H2,(H,26,29). The van der Waals surface area contributed by atoms with Crippen LogP contribution < -0.4 is 5.32 Å². The van der Waals surface area contributed by atoms with Crippen molar-refractivity contribution in [3.63, 3.8) is 0 Å². The van der Waals surface area contributed by atoms with Crippen LogP contribution in [0, 0.1) is 5.92 Å². The number of aromatic amines is 1. The van der Waals surface area contributed by atoms with Crippen molar-refractivity contribution in [2.75, 3.05) is 19.6 Å². The van der Waals surface area contributed by atoms with Gasteiger partial charge in [-0.15, -0.1) is 0 Å². The third-order valence-electron chi connectivity index (χ3n) is 5.91. The second-order valence-electron chi connectivity index (χ2n) is 8.02. The van der Waals surface area contributed by atoms with Gasteiger partial charge in [-0.05, 0) is 67.6 Å². The Labute approximate surface area is 180 Å². The van der Waals surface area contributed by atoms with Gasteiger partial charge in [0.1, 0.15) is 0 Å². The number of carbonyl (C=O) groups is 1. The average molecular weight is 454 g/mol. The van der Waals surface area contributed by atoms with Gasteiger partial charge in [0.05, 0.1) is 6.42 Å². The van der Waals surface area contributed by atoms with Crippen molar-refractivity contribution in [2.45, 2.75) is 32.2 Å². The molecule has 1 fully saturated rings. The first-order valence-electron chi connectivity index (χ1n) is 10.5. The molecule has 0 bridgehead atoms. The molecule has 152 valence electrons. The van der Waals surface area contributed by atoms with Crippen LogP contribution in [0.15, 0.2) is 59.2 Å². The van der Waals surface area contributed by atoms with E-state index in [2.05, 4.69) is 67.5 Å². The summed E-state index contributed by atoms with van der Waals surface area (Å²) >= 11 is 3.51. The van der Waals surface area contributed by atoms with E-state index in [-0.39, 0.29) is 5.91 Å². The van der Waals surface area contributed by atoms with Crippen molar-refractivity contribution < 1.29 is 4.79 Å². The molecule has 0 spiro atoms. The summed E-state index contributed by atoms with van der Waals surface area (Å²) in [5.41, 5.74) is 3.51. The molecule has 0 radical (unpaired) electrons. The fraction of sp³-hybridized carbons (Fsp3) is 0.375. The molecule has 1 aliphatic rings. The number of rotatable bonds is 7. The quantitative estimate of drug-likeness (QED) is 0.534. The van der Waals surface area contributed by atoms with Crippen LogP contribution in [0.4, 0.5) is 0 Å². The van der Waals surface area contributed by atoms with Gasteiger partial charge in [-0.2, -0.15) is 0 Å². The molecule has 1 aromatic heterocycles. The third-order valence-corrected chi connectivity index (χ3v) is 6.40. The molecule has 0 aliphatic carbocycles. The van der Waals surface area contributed by atoms with E-state index in [0.29, 0.717) is 12.3 Å². The number of H-pyrrole nitrogens is 1. The molecular formula is C24H28BrN3O. The van der Waals surface area contributed by atoms with Gasteiger partial charge in [0.25, 0.3) is 0 Å². The lowest BCUT2D eigenvalue weighted by atomic mass is 9.93. The largest absolute Gasteiger partial charge is 0.361 e. The minimum Gasteiger partial charge on any atom is -0.361 e. The lowest BCUT2D eigenvalue weighted by molar-refractivity contribution is -0.120. The molecule has 1 saturated heterocycles. The molecule has 1 aliphatic heterocycles. The van der Waals surface area contributed by atoms with E-state index in [1.54, 1.807) is 0 Å². The maximum Gasteiger partial charge on any atom is 0.224 e. The lowest BCUT2D eigenvalue weighted by Gasteiger charge is -2.32. The number of likely N-dealkylation sites (tertiary alicyclic amines) is 1. The Bertz CT molecular complexity index is 945. The Morgan fingerprint density at radius 2 is 1.93 bits per heavy atom. The molecule has 2 N–H and O–H groups in total.